The maximum Gasteiger partial charge on any atom is 0.273 e. The van der Waals surface area contributed by atoms with E-state index in [0.717, 1.165) is 0 Å². The summed E-state index contributed by atoms with van der Waals surface area (Å²) < 4.78 is 0. The second-order valence-electron chi connectivity index (χ2n) is 4.11. The number of hydrogen-bond acceptors (Lipinski definition) is 3. The van der Waals surface area contributed by atoms with Crippen LogP contribution in [-0.4, -0.2) is 16.1 Å². The van der Waals surface area contributed by atoms with Crippen LogP contribution in [0.1, 0.15) is 10.4 Å². The number of carbonyl (C=O) groups excluding carboxylic acids is 1. The Morgan fingerprint density at radius 1 is 1.24 bits per heavy atom. The molecule has 0 radical (unpaired) electrons. The number of benzene rings is 2. The average molecular weight is 322 g/mol. The van der Waals surface area contributed by atoms with E-state index in [-0.39, 0.29) is 16.4 Å². The normalized spacial score (nSPS) is 9.95. The van der Waals surface area contributed by atoms with Gasteiger partial charge in [-0.05, 0) is 42.5 Å². The fourth-order valence-electron chi connectivity index (χ4n) is 1.68. The van der Waals surface area contributed by atoms with Crippen LogP contribution < -0.4 is 16.2 Å². The average Bonchev–Trinajstić information content (AvgIpc) is 2.47. The lowest BCUT2D eigenvalue weighted by Crippen LogP contribution is -2.49. The molecule has 4 N–H and O–H groups in total. The predicted molar refractivity (Wildman–Crippen MR) is 86.3 cm³/mol. The van der Waals surface area contributed by atoms with Crippen molar-refractivity contribution >= 4 is 40.5 Å². The Morgan fingerprint density at radius 2 is 1.90 bits per heavy atom. The number of phenolic OH excluding ortho intramolecular Hbond substituents is 1. The minimum Gasteiger partial charge on any atom is -0.507 e. The van der Waals surface area contributed by atoms with Gasteiger partial charge in [0, 0.05) is 5.02 Å². The molecule has 2 aromatic rings. The number of amides is 1. The van der Waals surface area contributed by atoms with Gasteiger partial charge >= 0.3 is 0 Å². The molecule has 0 atom stereocenters. The number of carbonyl (C=O) groups is 1. The van der Waals surface area contributed by atoms with Crippen LogP contribution in [0.25, 0.3) is 0 Å². The van der Waals surface area contributed by atoms with Gasteiger partial charge in [-0.3, -0.25) is 10.2 Å². The summed E-state index contributed by atoms with van der Waals surface area (Å²) in [6.45, 7) is 0. The standard InChI is InChI=1S/C14H12ClN3O2S/c15-9-6-7-12(19)11(8-9)13(20)17-18(14(16)21)10-4-2-1-3-5-10/h1-8,19H,(H2,16,21)(H,17,20). The van der Waals surface area contributed by atoms with E-state index in [1.54, 1.807) is 24.3 Å². The third-order valence-electron chi connectivity index (χ3n) is 2.65. The molecule has 0 unspecified atom stereocenters. The van der Waals surface area contributed by atoms with Crippen LogP contribution in [0.5, 0.6) is 5.75 Å². The maximum atomic E-state index is 12.2. The molecule has 2 aromatic carbocycles. The Hall–Kier alpha value is -2.31. The fourth-order valence-corrected chi connectivity index (χ4v) is 2.00. The summed E-state index contributed by atoms with van der Waals surface area (Å²) in [5.74, 6) is -0.764. The zero-order valence-electron chi connectivity index (χ0n) is 10.8. The number of phenols is 1. The molecule has 0 saturated heterocycles. The van der Waals surface area contributed by atoms with Crippen LogP contribution in [0.15, 0.2) is 48.5 Å². The molecule has 0 aromatic heterocycles. The quantitative estimate of drug-likeness (QED) is 0.585. The van der Waals surface area contributed by atoms with Crippen molar-refractivity contribution in [2.75, 3.05) is 5.01 Å². The van der Waals surface area contributed by atoms with Gasteiger partial charge in [-0.15, -0.1) is 0 Å². The monoisotopic (exact) mass is 321 g/mol. The van der Waals surface area contributed by atoms with Gasteiger partial charge < -0.3 is 10.8 Å². The maximum absolute atomic E-state index is 12.2. The van der Waals surface area contributed by atoms with Gasteiger partial charge in [0.15, 0.2) is 5.11 Å². The Balaban J connectivity index is 2.27. The van der Waals surface area contributed by atoms with Gasteiger partial charge in [0.1, 0.15) is 5.75 Å². The number of nitrogens with one attached hydrogen (secondary N) is 1. The highest BCUT2D eigenvalue weighted by molar-refractivity contribution is 7.80. The van der Waals surface area contributed by atoms with E-state index in [1.807, 2.05) is 6.07 Å². The van der Waals surface area contributed by atoms with Gasteiger partial charge in [0.05, 0.1) is 11.3 Å². The summed E-state index contributed by atoms with van der Waals surface area (Å²) >= 11 is 10.7. The number of thiocarbonyl (C=S) groups is 1. The summed E-state index contributed by atoms with van der Waals surface area (Å²) in [5, 5.41) is 11.3. The molecule has 0 aliphatic carbocycles. The smallest absolute Gasteiger partial charge is 0.273 e. The van der Waals surface area contributed by atoms with Crippen LogP contribution in [0, 0.1) is 0 Å². The van der Waals surface area contributed by atoms with Crippen molar-refractivity contribution in [3.05, 3.63) is 59.1 Å². The zero-order valence-corrected chi connectivity index (χ0v) is 12.4. The number of hydrazine groups is 1. The predicted octanol–water partition coefficient (Wildman–Crippen LogP) is 2.44. The lowest BCUT2D eigenvalue weighted by atomic mass is 10.2. The first kappa shape index (κ1) is 15.1. The second-order valence-corrected chi connectivity index (χ2v) is 4.97. The first-order valence-electron chi connectivity index (χ1n) is 5.93. The zero-order chi connectivity index (χ0) is 15.4. The van der Waals surface area contributed by atoms with Crippen molar-refractivity contribution in [1.82, 2.24) is 5.43 Å². The Bertz CT molecular complexity index is 679. The minimum absolute atomic E-state index is 0.0275. The van der Waals surface area contributed by atoms with Gasteiger partial charge in [0.2, 0.25) is 0 Å². The first-order chi connectivity index (χ1) is 9.99. The lowest BCUT2D eigenvalue weighted by molar-refractivity contribution is 0.0952. The minimum atomic E-state index is -0.577. The van der Waals surface area contributed by atoms with E-state index in [0.29, 0.717) is 10.7 Å². The highest BCUT2D eigenvalue weighted by atomic mass is 35.5. The van der Waals surface area contributed by atoms with E-state index in [1.165, 1.54) is 23.2 Å². The van der Waals surface area contributed by atoms with Crippen molar-refractivity contribution in [3.8, 4) is 5.75 Å². The molecule has 0 aliphatic rings. The number of halogens is 1. The van der Waals surface area contributed by atoms with E-state index in [2.05, 4.69) is 5.43 Å². The summed E-state index contributed by atoms with van der Waals surface area (Å²) in [5.41, 5.74) is 8.77. The Morgan fingerprint density at radius 3 is 2.52 bits per heavy atom. The molecule has 21 heavy (non-hydrogen) atoms. The SMILES string of the molecule is NC(=S)N(NC(=O)c1cc(Cl)ccc1O)c1ccccc1. The lowest BCUT2D eigenvalue weighted by Gasteiger charge is -2.23. The summed E-state index contributed by atoms with van der Waals surface area (Å²) in [6, 6.07) is 13.0. The van der Waals surface area contributed by atoms with Crippen molar-refractivity contribution in [2.45, 2.75) is 0 Å². The molecule has 0 bridgehead atoms. The number of anilines is 1. The number of para-hydroxylation sites is 1. The number of hydrogen-bond donors (Lipinski definition) is 3. The van der Waals surface area contributed by atoms with Crippen molar-refractivity contribution < 1.29 is 9.90 Å². The molecule has 2 rings (SSSR count). The van der Waals surface area contributed by atoms with Gasteiger partial charge in [-0.25, -0.2) is 5.01 Å². The summed E-state index contributed by atoms with van der Waals surface area (Å²) in [6.07, 6.45) is 0. The second kappa shape index (κ2) is 6.43. The molecule has 7 heteroatoms. The van der Waals surface area contributed by atoms with Crippen molar-refractivity contribution in [3.63, 3.8) is 0 Å². The van der Waals surface area contributed by atoms with Crippen LogP contribution >= 0.6 is 23.8 Å². The van der Waals surface area contributed by atoms with Gasteiger partial charge in [-0.1, -0.05) is 29.8 Å². The van der Waals surface area contributed by atoms with Crippen LogP contribution in [0.2, 0.25) is 5.02 Å². The van der Waals surface area contributed by atoms with Crippen LogP contribution in [0.4, 0.5) is 5.69 Å². The third kappa shape index (κ3) is 3.62. The molecular formula is C14H12ClN3O2S. The molecule has 0 aliphatic heterocycles. The number of nitrogens with two attached hydrogens (primary N) is 1. The third-order valence-corrected chi connectivity index (χ3v) is 3.07. The fraction of sp³-hybridized carbons (Fsp3) is 0. The first-order valence-corrected chi connectivity index (χ1v) is 6.72. The Labute approximate surface area is 131 Å². The van der Waals surface area contributed by atoms with E-state index < -0.39 is 5.91 Å². The van der Waals surface area contributed by atoms with E-state index in [9.17, 15) is 9.90 Å². The molecule has 0 spiro atoms. The van der Waals surface area contributed by atoms with Gasteiger partial charge in [-0.2, -0.15) is 0 Å². The molecule has 5 nitrogen and oxygen atoms in total. The van der Waals surface area contributed by atoms with Crippen LogP contribution in [-0.2, 0) is 0 Å². The molecule has 0 heterocycles. The van der Waals surface area contributed by atoms with Crippen molar-refractivity contribution in [2.24, 2.45) is 5.73 Å². The topological polar surface area (TPSA) is 78.6 Å². The van der Waals surface area contributed by atoms with Crippen LogP contribution in [0.3, 0.4) is 0 Å². The Kier molecular flexibility index (Phi) is 4.62. The molecule has 0 saturated carbocycles. The summed E-state index contributed by atoms with van der Waals surface area (Å²) in [4.78, 5) is 12.2. The summed E-state index contributed by atoms with van der Waals surface area (Å²) in [7, 11) is 0. The van der Waals surface area contributed by atoms with Gasteiger partial charge in [0.25, 0.3) is 5.91 Å². The van der Waals surface area contributed by atoms with Crippen molar-refractivity contribution in [1.29, 1.82) is 0 Å². The number of rotatable bonds is 2. The highest BCUT2D eigenvalue weighted by Crippen LogP contribution is 2.21. The molecular weight excluding hydrogens is 310 g/mol. The van der Waals surface area contributed by atoms with E-state index in [4.69, 9.17) is 29.6 Å². The number of aromatic hydroxyl groups is 1. The number of nitrogens with zero attached hydrogens (tertiary/aromatic N) is 1. The molecule has 1 amide bonds. The van der Waals surface area contributed by atoms with E-state index >= 15 is 0 Å². The molecule has 0 fully saturated rings. The largest absolute Gasteiger partial charge is 0.507 e. The highest BCUT2D eigenvalue weighted by Gasteiger charge is 2.17. The molecule has 108 valence electrons.